The Bertz CT molecular complexity index is 572. The Labute approximate surface area is 143 Å². The van der Waals surface area contributed by atoms with Crippen molar-refractivity contribution in [2.45, 2.75) is 32.1 Å². The van der Waals surface area contributed by atoms with Crippen molar-refractivity contribution in [1.82, 2.24) is 4.90 Å². The van der Waals surface area contributed by atoms with Crippen LogP contribution >= 0.6 is 0 Å². The highest BCUT2D eigenvalue weighted by molar-refractivity contribution is 5.78. The molecule has 1 aliphatic carbocycles. The van der Waals surface area contributed by atoms with Crippen LogP contribution < -0.4 is 9.47 Å². The van der Waals surface area contributed by atoms with Gasteiger partial charge in [0.2, 0.25) is 0 Å². The summed E-state index contributed by atoms with van der Waals surface area (Å²) in [6, 6.07) is 7.27. The quantitative estimate of drug-likeness (QED) is 0.833. The lowest BCUT2D eigenvalue weighted by atomic mass is 9.76. The molecule has 0 spiro atoms. The number of rotatable bonds is 7. The average Bonchev–Trinajstić information content (AvgIpc) is 3.43. The van der Waals surface area contributed by atoms with Gasteiger partial charge in [-0.1, -0.05) is 18.9 Å². The minimum atomic E-state index is -0.106. The number of benzene rings is 1. The molecule has 0 bridgehead atoms. The summed E-state index contributed by atoms with van der Waals surface area (Å²) in [5, 5.41) is 9.90. The molecule has 24 heavy (non-hydrogen) atoms. The van der Waals surface area contributed by atoms with Gasteiger partial charge in [0.15, 0.2) is 6.61 Å². The Kier molecular flexibility index (Phi) is 5.29. The van der Waals surface area contributed by atoms with E-state index in [1.54, 1.807) is 13.2 Å². The van der Waals surface area contributed by atoms with Crippen LogP contribution in [0.3, 0.4) is 0 Å². The standard InChI is InChI=1S/C19H27NO4/c1-23-16-4-2-5-17(10-16)24-12-18(22)20-9-3-8-19(13-20,14-21)11-15-6-7-15/h2,4-5,10,15,21H,3,6-9,11-14H2,1H3. The number of nitrogens with zero attached hydrogens (tertiary/aromatic N) is 1. The van der Waals surface area contributed by atoms with Crippen LogP contribution in [0.5, 0.6) is 11.5 Å². The van der Waals surface area contributed by atoms with Crippen LogP contribution in [0.1, 0.15) is 32.1 Å². The maximum atomic E-state index is 12.5. The predicted molar refractivity (Wildman–Crippen MR) is 91.2 cm³/mol. The number of carbonyl (C=O) groups is 1. The van der Waals surface area contributed by atoms with E-state index in [0.717, 1.165) is 31.7 Å². The Hall–Kier alpha value is -1.75. The maximum Gasteiger partial charge on any atom is 0.260 e. The molecule has 0 aromatic heterocycles. The number of aliphatic hydroxyl groups is 1. The summed E-state index contributed by atoms with van der Waals surface area (Å²) in [4.78, 5) is 14.4. The minimum absolute atomic E-state index is 0.00820. The first-order chi connectivity index (χ1) is 11.6. The van der Waals surface area contributed by atoms with Gasteiger partial charge in [-0.3, -0.25) is 4.79 Å². The smallest absolute Gasteiger partial charge is 0.260 e. The topological polar surface area (TPSA) is 59.0 Å². The van der Waals surface area contributed by atoms with E-state index in [4.69, 9.17) is 9.47 Å². The van der Waals surface area contributed by atoms with Crippen LogP contribution in [0.2, 0.25) is 0 Å². The summed E-state index contributed by atoms with van der Waals surface area (Å²) < 4.78 is 10.8. The first-order valence-corrected chi connectivity index (χ1v) is 8.80. The number of aliphatic hydroxyl groups excluding tert-OH is 1. The van der Waals surface area contributed by atoms with Crippen LogP contribution in [0, 0.1) is 11.3 Å². The van der Waals surface area contributed by atoms with Gasteiger partial charge in [0.05, 0.1) is 13.7 Å². The highest BCUT2D eigenvalue weighted by Gasteiger charge is 2.40. The number of amides is 1. The Balaban J connectivity index is 1.55. The first-order valence-electron chi connectivity index (χ1n) is 8.80. The van der Waals surface area contributed by atoms with Gasteiger partial charge in [-0.2, -0.15) is 0 Å². The van der Waals surface area contributed by atoms with E-state index in [1.807, 2.05) is 23.1 Å². The molecule has 1 amide bonds. The minimum Gasteiger partial charge on any atom is -0.497 e. The van der Waals surface area contributed by atoms with E-state index < -0.39 is 0 Å². The molecule has 2 fully saturated rings. The van der Waals surface area contributed by atoms with E-state index in [1.165, 1.54) is 12.8 Å². The van der Waals surface area contributed by atoms with Gasteiger partial charge in [-0.15, -0.1) is 0 Å². The van der Waals surface area contributed by atoms with Gasteiger partial charge in [0, 0.05) is 24.6 Å². The molecular formula is C19H27NO4. The lowest BCUT2D eigenvalue weighted by Crippen LogP contribution is -2.49. The first kappa shape index (κ1) is 17.1. The molecule has 5 heteroatoms. The number of hydrogen-bond donors (Lipinski definition) is 1. The van der Waals surface area contributed by atoms with E-state index in [0.29, 0.717) is 18.0 Å². The van der Waals surface area contributed by atoms with Gasteiger partial charge < -0.3 is 19.5 Å². The Morgan fingerprint density at radius 1 is 1.38 bits per heavy atom. The summed E-state index contributed by atoms with van der Waals surface area (Å²) in [5.74, 6) is 2.08. The third-order valence-electron chi connectivity index (χ3n) is 5.17. The lowest BCUT2D eigenvalue weighted by Gasteiger charge is -2.42. The molecule has 1 saturated carbocycles. The summed E-state index contributed by atoms with van der Waals surface area (Å²) in [5.41, 5.74) is -0.106. The molecular weight excluding hydrogens is 306 g/mol. The summed E-state index contributed by atoms with van der Waals surface area (Å²) in [6.45, 7) is 1.61. The number of carbonyl (C=O) groups excluding carboxylic acids is 1. The van der Waals surface area contributed by atoms with E-state index in [9.17, 15) is 9.90 Å². The van der Waals surface area contributed by atoms with Gasteiger partial charge in [-0.25, -0.2) is 0 Å². The van der Waals surface area contributed by atoms with Crippen LogP contribution in [0.4, 0.5) is 0 Å². The zero-order chi connectivity index (χ0) is 17.0. The lowest BCUT2D eigenvalue weighted by molar-refractivity contribution is -0.138. The van der Waals surface area contributed by atoms with Crippen molar-refractivity contribution in [3.05, 3.63) is 24.3 Å². The van der Waals surface area contributed by atoms with E-state index in [-0.39, 0.29) is 24.5 Å². The highest BCUT2D eigenvalue weighted by Crippen LogP contribution is 2.44. The summed E-state index contributed by atoms with van der Waals surface area (Å²) in [7, 11) is 1.60. The van der Waals surface area contributed by atoms with Crippen molar-refractivity contribution in [3.8, 4) is 11.5 Å². The van der Waals surface area contributed by atoms with E-state index >= 15 is 0 Å². The van der Waals surface area contributed by atoms with E-state index in [2.05, 4.69) is 0 Å². The zero-order valence-electron chi connectivity index (χ0n) is 14.4. The normalized spacial score (nSPS) is 23.8. The highest BCUT2D eigenvalue weighted by atomic mass is 16.5. The Morgan fingerprint density at radius 3 is 2.88 bits per heavy atom. The molecule has 1 aliphatic heterocycles. The molecule has 1 saturated heterocycles. The van der Waals surface area contributed by atoms with Crippen molar-refractivity contribution in [1.29, 1.82) is 0 Å². The number of methoxy groups -OCH3 is 1. The Morgan fingerprint density at radius 2 is 2.17 bits per heavy atom. The van der Waals surface area contributed by atoms with Crippen LogP contribution in [0.25, 0.3) is 0 Å². The summed E-state index contributed by atoms with van der Waals surface area (Å²) >= 11 is 0. The molecule has 0 radical (unpaired) electrons. The van der Waals surface area contributed by atoms with Crippen molar-refractivity contribution >= 4 is 5.91 Å². The van der Waals surface area contributed by atoms with Crippen LogP contribution in [-0.2, 0) is 4.79 Å². The molecule has 1 unspecified atom stereocenters. The molecule has 3 rings (SSSR count). The molecule has 1 aromatic carbocycles. The van der Waals surface area contributed by atoms with Crippen molar-refractivity contribution in [2.24, 2.45) is 11.3 Å². The largest absolute Gasteiger partial charge is 0.497 e. The summed E-state index contributed by atoms with van der Waals surface area (Å²) in [6.07, 6.45) is 5.56. The number of piperidine rings is 1. The van der Waals surface area contributed by atoms with Crippen LogP contribution in [0.15, 0.2) is 24.3 Å². The third kappa shape index (κ3) is 4.20. The van der Waals surface area contributed by atoms with Gasteiger partial charge in [0.1, 0.15) is 11.5 Å². The fourth-order valence-electron chi connectivity index (χ4n) is 3.64. The second kappa shape index (κ2) is 7.43. The van der Waals surface area contributed by atoms with Crippen LogP contribution in [-0.4, -0.2) is 49.3 Å². The predicted octanol–water partition coefficient (Wildman–Crippen LogP) is 2.48. The fraction of sp³-hybridized carbons (Fsp3) is 0.632. The monoisotopic (exact) mass is 333 g/mol. The molecule has 1 N–H and O–H groups in total. The SMILES string of the molecule is COc1cccc(OCC(=O)N2CCCC(CO)(CC3CC3)C2)c1. The molecule has 5 nitrogen and oxygen atoms in total. The fourth-order valence-corrected chi connectivity index (χ4v) is 3.64. The molecule has 2 aliphatic rings. The molecule has 132 valence electrons. The molecule has 1 aromatic rings. The zero-order valence-corrected chi connectivity index (χ0v) is 14.4. The number of hydrogen-bond acceptors (Lipinski definition) is 4. The maximum absolute atomic E-state index is 12.5. The molecule has 1 heterocycles. The van der Waals surface area contributed by atoms with Crippen molar-refractivity contribution in [3.63, 3.8) is 0 Å². The van der Waals surface area contributed by atoms with Gasteiger partial charge in [0.25, 0.3) is 5.91 Å². The van der Waals surface area contributed by atoms with Gasteiger partial charge in [-0.05, 0) is 37.3 Å². The number of ether oxygens (including phenoxy) is 2. The molecule has 1 atom stereocenters. The second-order valence-corrected chi connectivity index (χ2v) is 7.19. The van der Waals surface area contributed by atoms with Crippen molar-refractivity contribution < 1.29 is 19.4 Å². The third-order valence-corrected chi connectivity index (χ3v) is 5.17. The average molecular weight is 333 g/mol. The van der Waals surface area contributed by atoms with Gasteiger partial charge >= 0.3 is 0 Å². The second-order valence-electron chi connectivity index (χ2n) is 7.19. The van der Waals surface area contributed by atoms with Crippen molar-refractivity contribution in [2.75, 3.05) is 33.4 Å². The number of likely N-dealkylation sites (tertiary alicyclic amines) is 1.